The maximum atomic E-state index is 5.93. The van der Waals surface area contributed by atoms with Gasteiger partial charge in [-0.25, -0.2) is 0 Å². The highest BCUT2D eigenvalue weighted by molar-refractivity contribution is 6.29. The van der Waals surface area contributed by atoms with Crippen molar-refractivity contribution in [3.63, 3.8) is 0 Å². The van der Waals surface area contributed by atoms with Crippen LogP contribution < -0.4 is 5.32 Å². The molecule has 1 saturated heterocycles. The van der Waals surface area contributed by atoms with Crippen LogP contribution in [0.5, 0.6) is 0 Å². The van der Waals surface area contributed by atoms with Gasteiger partial charge < -0.3 is 10.1 Å². The molecule has 1 N–H and O–H groups in total. The predicted molar refractivity (Wildman–Crippen MR) is 63.3 cm³/mol. The van der Waals surface area contributed by atoms with E-state index < -0.39 is 0 Å². The number of hydrogen-bond acceptors (Lipinski definition) is 5. The van der Waals surface area contributed by atoms with Crippen molar-refractivity contribution in [2.45, 2.75) is 18.9 Å². The van der Waals surface area contributed by atoms with Gasteiger partial charge in [0.15, 0.2) is 0 Å². The second-order valence-corrected chi connectivity index (χ2v) is 4.38. The van der Waals surface area contributed by atoms with Gasteiger partial charge in [0.1, 0.15) is 17.3 Å². The molecule has 7 heteroatoms. The summed E-state index contributed by atoms with van der Waals surface area (Å²) < 4.78 is 7.06. The van der Waals surface area contributed by atoms with Gasteiger partial charge in [0, 0.05) is 12.7 Å². The Bertz CT molecular complexity index is 522. The quantitative estimate of drug-likeness (QED) is 0.819. The highest BCUT2D eigenvalue weighted by atomic mass is 35.5. The Balaban J connectivity index is 1.90. The van der Waals surface area contributed by atoms with Gasteiger partial charge in [-0.05, 0) is 12.8 Å². The smallest absolute Gasteiger partial charge is 0.255 e. The second-order valence-electron chi connectivity index (χ2n) is 3.99. The lowest BCUT2D eigenvalue weighted by atomic mass is 10.1. The van der Waals surface area contributed by atoms with Crippen LogP contribution in [0.15, 0.2) is 12.4 Å². The summed E-state index contributed by atoms with van der Waals surface area (Å²) >= 11 is 5.93. The minimum atomic E-state index is 0.287. The Morgan fingerprint density at radius 3 is 3.29 bits per heavy atom. The summed E-state index contributed by atoms with van der Waals surface area (Å²) in [6.07, 6.45) is 3.61. The van der Waals surface area contributed by atoms with Gasteiger partial charge in [0.25, 0.3) is 5.78 Å². The van der Waals surface area contributed by atoms with Crippen LogP contribution in [-0.2, 0) is 4.74 Å². The summed E-state index contributed by atoms with van der Waals surface area (Å²) in [5.41, 5.74) is 0. The van der Waals surface area contributed by atoms with E-state index in [-0.39, 0.29) is 6.04 Å². The molecule has 2 aromatic heterocycles. The van der Waals surface area contributed by atoms with Crippen LogP contribution in [0.2, 0.25) is 5.15 Å². The molecule has 1 unspecified atom stereocenters. The average molecular weight is 254 g/mol. The summed E-state index contributed by atoms with van der Waals surface area (Å²) in [5, 5.41) is 7.88. The third-order valence-corrected chi connectivity index (χ3v) is 2.93. The van der Waals surface area contributed by atoms with Crippen molar-refractivity contribution in [2.24, 2.45) is 0 Å². The zero-order valence-electron chi connectivity index (χ0n) is 9.14. The van der Waals surface area contributed by atoms with Crippen molar-refractivity contribution in [1.82, 2.24) is 19.6 Å². The first kappa shape index (κ1) is 10.7. The first-order chi connectivity index (χ1) is 8.33. The highest BCUT2D eigenvalue weighted by Gasteiger charge is 2.15. The fraction of sp³-hybridized carbons (Fsp3) is 0.500. The molecule has 0 spiro atoms. The molecular formula is C10H12ClN5O. The Kier molecular flexibility index (Phi) is 2.82. The van der Waals surface area contributed by atoms with Crippen LogP contribution in [0, 0.1) is 0 Å². The van der Waals surface area contributed by atoms with Crippen molar-refractivity contribution in [3.05, 3.63) is 17.5 Å². The first-order valence-corrected chi connectivity index (χ1v) is 5.91. The molecule has 17 heavy (non-hydrogen) atoms. The largest absolute Gasteiger partial charge is 0.379 e. The molecule has 6 nitrogen and oxygen atoms in total. The zero-order valence-corrected chi connectivity index (χ0v) is 9.89. The molecule has 1 fully saturated rings. The predicted octanol–water partition coefficient (Wildman–Crippen LogP) is 1.37. The van der Waals surface area contributed by atoms with Crippen molar-refractivity contribution in [1.29, 1.82) is 0 Å². The van der Waals surface area contributed by atoms with E-state index in [0.717, 1.165) is 25.3 Å². The molecule has 0 saturated carbocycles. The van der Waals surface area contributed by atoms with Gasteiger partial charge in [-0.3, -0.25) is 0 Å². The SMILES string of the molecule is Clc1cc(NC2CCCOC2)n2ncnc2n1. The number of nitrogens with one attached hydrogen (secondary N) is 1. The van der Waals surface area contributed by atoms with Gasteiger partial charge in [0.05, 0.1) is 12.6 Å². The number of fused-ring (bicyclic) bond motifs is 1. The lowest BCUT2D eigenvalue weighted by Crippen LogP contribution is -2.30. The zero-order chi connectivity index (χ0) is 11.7. The lowest BCUT2D eigenvalue weighted by Gasteiger charge is -2.24. The van der Waals surface area contributed by atoms with Crippen LogP contribution in [0.25, 0.3) is 5.78 Å². The third kappa shape index (κ3) is 2.18. The van der Waals surface area contributed by atoms with Gasteiger partial charge in [-0.15, -0.1) is 0 Å². The average Bonchev–Trinajstić information content (AvgIpc) is 2.78. The highest BCUT2D eigenvalue weighted by Crippen LogP contribution is 2.17. The van der Waals surface area contributed by atoms with Gasteiger partial charge in [0.2, 0.25) is 0 Å². The Morgan fingerprint density at radius 2 is 2.47 bits per heavy atom. The number of nitrogens with zero attached hydrogens (tertiary/aromatic N) is 4. The van der Waals surface area contributed by atoms with Crippen LogP contribution >= 0.6 is 11.6 Å². The van der Waals surface area contributed by atoms with Gasteiger partial charge in [-0.2, -0.15) is 19.6 Å². The summed E-state index contributed by atoms with van der Waals surface area (Å²) in [7, 11) is 0. The fourth-order valence-electron chi connectivity index (χ4n) is 1.95. The number of halogens is 1. The number of ether oxygens (including phenoxy) is 1. The fourth-order valence-corrected chi connectivity index (χ4v) is 2.13. The topological polar surface area (TPSA) is 64.3 Å². The molecule has 1 aliphatic rings. The summed E-state index contributed by atoms with van der Waals surface area (Å²) in [6, 6.07) is 2.03. The number of hydrogen-bond donors (Lipinski definition) is 1. The van der Waals surface area contributed by atoms with Crippen molar-refractivity contribution >= 4 is 23.2 Å². The molecule has 0 aliphatic carbocycles. The van der Waals surface area contributed by atoms with Crippen molar-refractivity contribution in [3.8, 4) is 0 Å². The maximum absolute atomic E-state index is 5.93. The van der Waals surface area contributed by atoms with E-state index in [1.54, 1.807) is 10.6 Å². The molecule has 1 aliphatic heterocycles. The molecule has 0 radical (unpaired) electrons. The number of rotatable bonds is 2. The van der Waals surface area contributed by atoms with Crippen molar-refractivity contribution in [2.75, 3.05) is 18.5 Å². The molecule has 3 rings (SSSR count). The van der Waals surface area contributed by atoms with E-state index in [0.29, 0.717) is 17.5 Å². The molecule has 0 aromatic carbocycles. The Hall–Kier alpha value is -1.40. The third-order valence-electron chi connectivity index (χ3n) is 2.73. The van der Waals surface area contributed by atoms with E-state index >= 15 is 0 Å². The molecule has 2 aromatic rings. The summed E-state index contributed by atoms with van der Waals surface area (Å²) in [4.78, 5) is 8.09. The number of aromatic nitrogens is 4. The maximum Gasteiger partial charge on any atom is 0.255 e. The molecule has 0 amide bonds. The second kappa shape index (κ2) is 4.46. The first-order valence-electron chi connectivity index (χ1n) is 5.53. The lowest BCUT2D eigenvalue weighted by molar-refractivity contribution is 0.0874. The van der Waals surface area contributed by atoms with Crippen LogP contribution in [0.3, 0.4) is 0 Å². The molecule has 0 bridgehead atoms. The molecule has 3 heterocycles. The standard InChI is InChI=1S/C10H12ClN5O/c11-8-4-9(14-7-2-1-3-17-5-7)16-10(15-8)12-6-13-16/h4,6-7,14H,1-3,5H2. The van der Waals surface area contributed by atoms with Gasteiger partial charge >= 0.3 is 0 Å². The van der Waals surface area contributed by atoms with E-state index in [1.165, 1.54) is 6.33 Å². The normalized spacial score (nSPS) is 20.6. The Morgan fingerprint density at radius 1 is 1.53 bits per heavy atom. The van der Waals surface area contributed by atoms with E-state index in [1.807, 2.05) is 0 Å². The summed E-state index contributed by atoms with van der Waals surface area (Å²) in [5.74, 6) is 1.30. The van der Waals surface area contributed by atoms with Crippen LogP contribution in [0.4, 0.5) is 5.82 Å². The monoisotopic (exact) mass is 253 g/mol. The number of anilines is 1. The minimum Gasteiger partial charge on any atom is -0.379 e. The van der Waals surface area contributed by atoms with Gasteiger partial charge in [-0.1, -0.05) is 11.6 Å². The Labute approximate surface area is 103 Å². The van der Waals surface area contributed by atoms with E-state index in [9.17, 15) is 0 Å². The van der Waals surface area contributed by atoms with E-state index in [4.69, 9.17) is 16.3 Å². The van der Waals surface area contributed by atoms with Crippen LogP contribution in [0.1, 0.15) is 12.8 Å². The van der Waals surface area contributed by atoms with E-state index in [2.05, 4.69) is 20.4 Å². The van der Waals surface area contributed by atoms with Crippen LogP contribution in [-0.4, -0.2) is 38.8 Å². The van der Waals surface area contributed by atoms with Crippen molar-refractivity contribution < 1.29 is 4.74 Å². The minimum absolute atomic E-state index is 0.287. The molecule has 1 atom stereocenters. The summed E-state index contributed by atoms with van der Waals surface area (Å²) in [6.45, 7) is 1.55. The molecular weight excluding hydrogens is 242 g/mol. The molecule has 90 valence electrons.